The molecule has 1 atom stereocenters. The third-order valence-electron chi connectivity index (χ3n) is 2.59. The highest BCUT2D eigenvalue weighted by Crippen LogP contribution is 2.05. The topological polar surface area (TPSA) is 42.4 Å². The van der Waals surface area contributed by atoms with Crippen LogP contribution in [-0.2, 0) is 15.5 Å². The smallest absolute Gasteiger partial charge is 0.0594 e. The Balaban J connectivity index is 1.79. The van der Waals surface area contributed by atoms with Gasteiger partial charge in [-0.2, -0.15) is 0 Å². The minimum absolute atomic E-state index is 0.672. The second-order valence-corrected chi connectivity index (χ2v) is 5.26. The number of hydrogen-bond acceptors (Lipinski definition) is 4. The molecule has 0 amide bonds. The number of morpholine rings is 1. The van der Waals surface area contributed by atoms with Crippen LogP contribution in [0.3, 0.4) is 0 Å². The molecule has 0 aliphatic carbocycles. The number of hydrogen-bond donors (Lipinski definition) is 0. The molecule has 0 spiro atoms. The fraction of sp³-hybridized carbons (Fsp3) is 0.545. The molecule has 2 heterocycles. The van der Waals surface area contributed by atoms with Crippen LogP contribution in [0, 0.1) is 0 Å². The molecule has 16 heavy (non-hydrogen) atoms. The van der Waals surface area contributed by atoms with E-state index in [4.69, 9.17) is 4.74 Å². The zero-order valence-corrected chi connectivity index (χ0v) is 9.99. The fourth-order valence-electron chi connectivity index (χ4n) is 1.64. The van der Waals surface area contributed by atoms with Crippen LogP contribution in [-0.4, -0.2) is 52.7 Å². The molecule has 4 nitrogen and oxygen atoms in total. The Kier molecular flexibility index (Phi) is 4.44. The average molecular weight is 240 g/mol. The van der Waals surface area contributed by atoms with Crippen molar-refractivity contribution in [3.8, 4) is 0 Å². The molecule has 1 unspecified atom stereocenters. The summed E-state index contributed by atoms with van der Waals surface area (Å²) < 4.78 is 17.2. The Labute approximate surface area is 98.1 Å². The molecule has 0 saturated carbocycles. The summed E-state index contributed by atoms with van der Waals surface area (Å²) in [5.41, 5.74) is 0. The molecule has 88 valence electrons. The van der Waals surface area contributed by atoms with E-state index in [-0.39, 0.29) is 0 Å². The Hall–Kier alpha value is -0.780. The van der Waals surface area contributed by atoms with Crippen LogP contribution in [0.15, 0.2) is 29.4 Å². The van der Waals surface area contributed by atoms with Gasteiger partial charge >= 0.3 is 0 Å². The van der Waals surface area contributed by atoms with Crippen LogP contribution in [0.5, 0.6) is 0 Å². The number of aromatic nitrogens is 1. The van der Waals surface area contributed by atoms with Gasteiger partial charge in [0.25, 0.3) is 0 Å². The molecule has 1 aromatic heterocycles. The maximum atomic E-state index is 11.9. The van der Waals surface area contributed by atoms with Gasteiger partial charge in [-0.05, 0) is 12.1 Å². The van der Waals surface area contributed by atoms with Crippen molar-refractivity contribution < 1.29 is 8.95 Å². The minimum atomic E-state index is -0.930. The molecule has 0 radical (unpaired) electrons. The summed E-state index contributed by atoms with van der Waals surface area (Å²) in [4.78, 5) is 7.08. The largest absolute Gasteiger partial charge is 0.379 e. The van der Waals surface area contributed by atoms with Crippen molar-refractivity contribution in [3.05, 3.63) is 24.5 Å². The Morgan fingerprint density at radius 1 is 1.44 bits per heavy atom. The Morgan fingerprint density at radius 2 is 2.25 bits per heavy atom. The number of rotatable bonds is 4. The normalized spacial score (nSPS) is 19.5. The Morgan fingerprint density at radius 3 is 2.94 bits per heavy atom. The maximum Gasteiger partial charge on any atom is 0.0594 e. The lowest BCUT2D eigenvalue weighted by atomic mass is 10.4. The van der Waals surface area contributed by atoms with Gasteiger partial charge in [0.1, 0.15) is 0 Å². The molecule has 1 saturated heterocycles. The SMILES string of the molecule is O=S(CCN1CCOCC1)c1cccnc1. The molecule has 1 aromatic rings. The predicted molar refractivity (Wildman–Crippen MR) is 62.8 cm³/mol. The minimum Gasteiger partial charge on any atom is -0.379 e. The summed E-state index contributed by atoms with van der Waals surface area (Å²) in [7, 11) is -0.930. The van der Waals surface area contributed by atoms with Crippen molar-refractivity contribution in [1.82, 2.24) is 9.88 Å². The lowest BCUT2D eigenvalue weighted by Crippen LogP contribution is -2.38. The second-order valence-electron chi connectivity index (χ2n) is 3.69. The van der Waals surface area contributed by atoms with Crippen LogP contribution in [0.2, 0.25) is 0 Å². The first-order chi connectivity index (χ1) is 7.86. The van der Waals surface area contributed by atoms with E-state index < -0.39 is 10.8 Å². The molecule has 5 heteroatoms. The molecular formula is C11H16N2O2S. The molecule has 0 aromatic carbocycles. The molecular weight excluding hydrogens is 224 g/mol. The third-order valence-corrected chi connectivity index (χ3v) is 3.91. The van der Waals surface area contributed by atoms with Crippen molar-refractivity contribution >= 4 is 10.8 Å². The second kappa shape index (κ2) is 6.08. The summed E-state index contributed by atoms with van der Waals surface area (Å²) in [5.74, 6) is 0.672. The van der Waals surface area contributed by atoms with Gasteiger partial charge < -0.3 is 4.74 Å². The van der Waals surface area contributed by atoms with E-state index in [9.17, 15) is 4.21 Å². The van der Waals surface area contributed by atoms with E-state index in [0.717, 1.165) is 37.7 Å². The van der Waals surface area contributed by atoms with E-state index in [1.165, 1.54) is 0 Å². The van der Waals surface area contributed by atoms with Gasteiger partial charge in [-0.25, -0.2) is 0 Å². The van der Waals surface area contributed by atoms with Crippen molar-refractivity contribution in [2.75, 3.05) is 38.6 Å². The summed E-state index contributed by atoms with van der Waals surface area (Å²) in [6.07, 6.45) is 3.37. The Bertz CT molecular complexity index is 339. The van der Waals surface area contributed by atoms with Crippen LogP contribution in [0.4, 0.5) is 0 Å². The molecule has 2 rings (SSSR count). The van der Waals surface area contributed by atoms with Crippen LogP contribution in [0.1, 0.15) is 0 Å². The lowest BCUT2D eigenvalue weighted by molar-refractivity contribution is 0.0409. The molecule has 1 aliphatic rings. The van der Waals surface area contributed by atoms with E-state index >= 15 is 0 Å². The first-order valence-electron chi connectivity index (χ1n) is 5.45. The van der Waals surface area contributed by atoms with Crippen LogP contribution < -0.4 is 0 Å². The number of ether oxygens (including phenoxy) is 1. The molecule has 1 aliphatic heterocycles. The van der Waals surface area contributed by atoms with E-state index in [0.29, 0.717) is 5.75 Å². The first-order valence-corrected chi connectivity index (χ1v) is 6.76. The lowest BCUT2D eigenvalue weighted by Gasteiger charge is -2.26. The van der Waals surface area contributed by atoms with E-state index in [1.807, 2.05) is 12.1 Å². The van der Waals surface area contributed by atoms with Crippen molar-refractivity contribution in [1.29, 1.82) is 0 Å². The molecule has 0 bridgehead atoms. The predicted octanol–water partition coefficient (Wildman–Crippen LogP) is 0.521. The van der Waals surface area contributed by atoms with Crippen molar-refractivity contribution in [3.63, 3.8) is 0 Å². The standard InChI is InChI=1S/C11H16N2O2S/c14-16(11-2-1-3-12-10-11)9-6-13-4-7-15-8-5-13/h1-3,10H,4-9H2. The van der Waals surface area contributed by atoms with Crippen LogP contribution in [0.25, 0.3) is 0 Å². The summed E-state index contributed by atoms with van der Waals surface area (Å²) in [6, 6.07) is 3.68. The zero-order valence-electron chi connectivity index (χ0n) is 9.17. The van der Waals surface area contributed by atoms with Gasteiger partial charge in [-0.1, -0.05) is 0 Å². The van der Waals surface area contributed by atoms with Gasteiger partial charge in [0.15, 0.2) is 0 Å². The van der Waals surface area contributed by atoms with Gasteiger partial charge in [0.05, 0.1) is 28.9 Å². The van der Waals surface area contributed by atoms with Crippen LogP contribution >= 0.6 is 0 Å². The third kappa shape index (κ3) is 3.37. The molecule has 1 fully saturated rings. The van der Waals surface area contributed by atoms with Gasteiger partial charge in [-0.15, -0.1) is 0 Å². The van der Waals surface area contributed by atoms with Gasteiger partial charge in [0, 0.05) is 37.8 Å². The monoisotopic (exact) mass is 240 g/mol. The van der Waals surface area contributed by atoms with Gasteiger partial charge in [0.2, 0.25) is 0 Å². The summed E-state index contributed by atoms with van der Waals surface area (Å²) in [6.45, 7) is 4.35. The first kappa shape index (κ1) is 11.7. The highest BCUT2D eigenvalue weighted by Gasteiger charge is 2.11. The highest BCUT2D eigenvalue weighted by molar-refractivity contribution is 7.85. The van der Waals surface area contributed by atoms with Crippen molar-refractivity contribution in [2.45, 2.75) is 4.90 Å². The van der Waals surface area contributed by atoms with Gasteiger partial charge in [-0.3, -0.25) is 14.1 Å². The van der Waals surface area contributed by atoms with Crippen molar-refractivity contribution in [2.24, 2.45) is 0 Å². The number of pyridine rings is 1. The fourth-order valence-corrected chi connectivity index (χ4v) is 2.70. The van der Waals surface area contributed by atoms with E-state index in [1.54, 1.807) is 12.4 Å². The molecule has 0 N–H and O–H groups in total. The number of nitrogens with zero attached hydrogens (tertiary/aromatic N) is 2. The summed E-state index contributed by atoms with van der Waals surface area (Å²) in [5, 5.41) is 0. The van der Waals surface area contributed by atoms with E-state index in [2.05, 4.69) is 9.88 Å². The zero-order chi connectivity index (χ0) is 11.2. The average Bonchev–Trinajstić information content (AvgIpc) is 2.38. The summed E-state index contributed by atoms with van der Waals surface area (Å²) >= 11 is 0. The highest BCUT2D eigenvalue weighted by atomic mass is 32.2. The maximum absolute atomic E-state index is 11.9. The quantitative estimate of drug-likeness (QED) is 0.769.